The molecule has 1 fully saturated rings. The Bertz CT molecular complexity index is 1050. The number of aromatic nitrogens is 2. The third-order valence-corrected chi connectivity index (χ3v) is 5.76. The van der Waals surface area contributed by atoms with Gasteiger partial charge < -0.3 is 14.4 Å². The summed E-state index contributed by atoms with van der Waals surface area (Å²) in [6, 6.07) is 13.7. The maximum absolute atomic E-state index is 12.4. The van der Waals surface area contributed by atoms with Gasteiger partial charge in [-0.3, -0.25) is 4.79 Å². The molecule has 0 spiro atoms. The lowest BCUT2D eigenvalue weighted by atomic mass is 10.2. The molecule has 1 atom stereocenters. The van der Waals surface area contributed by atoms with Crippen LogP contribution in [0.2, 0.25) is 0 Å². The van der Waals surface area contributed by atoms with Crippen molar-refractivity contribution < 1.29 is 19.1 Å². The van der Waals surface area contributed by atoms with Crippen LogP contribution >= 0.6 is 11.3 Å². The lowest BCUT2D eigenvalue weighted by molar-refractivity contribution is -0.157. The number of thiophene rings is 1. The second kappa shape index (κ2) is 9.72. The monoisotopic (exact) mass is 437 g/mol. The number of carbonyl (C=O) groups is 2. The van der Waals surface area contributed by atoms with Gasteiger partial charge >= 0.3 is 5.97 Å². The summed E-state index contributed by atoms with van der Waals surface area (Å²) in [5.41, 5.74) is 2.49. The number of carbonyl (C=O) groups excluding carboxylic acids is 2. The van der Waals surface area contributed by atoms with E-state index in [2.05, 4.69) is 0 Å². The molecule has 2 aromatic heterocycles. The van der Waals surface area contributed by atoms with Crippen LogP contribution < -0.4 is 0 Å². The van der Waals surface area contributed by atoms with Crippen molar-refractivity contribution in [1.82, 2.24) is 14.7 Å². The number of para-hydroxylation sites is 1. The fourth-order valence-electron chi connectivity index (χ4n) is 3.29. The van der Waals surface area contributed by atoms with Gasteiger partial charge in [0.2, 0.25) is 0 Å². The number of amides is 1. The molecule has 1 aliphatic rings. The van der Waals surface area contributed by atoms with Gasteiger partial charge in [-0.05, 0) is 36.6 Å². The van der Waals surface area contributed by atoms with Crippen molar-refractivity contribution in [2.75, 3.05) is 26.3 Å². The van der Waals surface area contributed by atoms with Gasteiger partial charge in [0.1, 0.15) is 5.69 Å². The summed E-state index contributed by atoms with van der Waals surface area (Å²) < 4.78 is 12.4. The molecule has 1 aliphatic heterocycles. The molecule has 1 aromatic carbocycles. The van der Waals surface area contributed by atoms with Crippen molar-refractivity contribution in [3.05, 3.63) is 65.7 Å². The van der Waals surface area contributed by atoms with E-state index in [1.165, 1.54) is 6.08 Å². The quantitative estimate of drug-likeness (QED) is 0.437. The van der Waals surface area contributed by atoms with Crippen LogP contribution in [0.1, 0.15) is 12.5 Å². The summed E-state index contributed by atoms with van der Waals surface area (Å²) in [7, 11) is 0. The fourth-order valence-corrected chi connectivity index (χ4v) is 4.02. The van der Waals surface area contributed by atoms with Crippen molar-refractivity contribution in [3.8, 4) is 16.3 Å². The molecule has 1 unspecified atom stereocenters. The normalized spacial score (nSPS) is 15.2. The molecular formula is C23H23N3O4S. The molecule has 3 heterocycles. The van der Waals surface area contributed by atoms with Crippen molar-refractivity contribution in [3.63, 3.8) is 0 Å². The van der Waals surface area contributed by atoms with Gasteiger partial charge in [0.05, 0.1) is 23.8 Å². The van der Waals surface area contributed by atoms with Gasteiger partial charge in [0, 0.05) is 30.9 Å². The minimum Gasteiger partial charge on any atom is -0.449 e. The highest BCUT2D eigenvalue weighted by Crippen LogP contribution is 2.28. The van der Waals surface area contributed by atoms with Crippen molar-refractivity contribution in [2.24, 2.45) is 0 Å². The molecule has 1 amide bonds. The molecule has 0 radical (unpaired) electrons. The Hall–Kier alpha value is -3.23. The minimum atomic E-state index is -0.848. The number of nitrogens with zero attached hydrogens (tertiary/aromatic N) is 3. The summed E-state index contributed by atoms with van der Waals surface area (Å²) in [6.07, 6.45) is 4.04. The summed E-state index contributed by atoms with van der Waals surface area (Å²) in [6.45, 7) is 3.62. The average molecular weight is 438 g/mol. The topological polar surface area (TPSA) is 73.7 Å². The molecule has 0 N–H and O–H groups in total. The fraction of sp³-hybridized carbons (Fsp3) is 0.261. The molecular weight excluding hydrogens is 414 g/mol. The summed E-state index contributed by atoms with van der Waals surface area (Å²) in [5.74, 6) is -0.778. The first-order chi connectivity index (χ1) is 15.1. The van der Waals surface area contributed by atoms with Crippen LogP contribution in [-0.4, -0.2) is 59.0 Å². The zero-order valence-electron chi connectivity index (χ0n) is 17.1. The number of hydrogen-bond donors (Lipinski definition) is 0. The number of morpholine rings is 1. The second-order valence-corrected chi connectivity index (χ2v) is 7.99. The van der Waals surface area contributed by atoms with E-state index in [0.29, 0.717) is 26.3 Å². The summed E-state index contributed by atoms with van der Waals surface area (Å²) in [5, 5.41) is 6.69. The predicted octanol–water partition coefficient (Wildman–Crippen LogP) is 3.40. The predicted molar refractivity (Wildman–Crippen MR) is 119 cm³/mol. The first-order valence-corrected chi connectivity index (χ1v) is 10.9. The zero-order chi connectivity index (χ0) is 21.6. The Morgan fingerprint density at radius 2 is 1.94 bits per heavy atom. The maximum Gasteiger partial charge on any atom is 0.331 e. The zero-order valence-corrected chi connectivity index (χ0v) is 18.0. The lowest BCUT2D eigenvalue weighted by Gasteiger charge is -2.28. The Labute approximate surface area is 184 Å². The Morgan fingerprint density at radius 3 is 2.65 bits per heavy atom. The molecule has 4 rings (SSSR count). The Kier molecular flexibility index (Phi) is 6.59. The molecule has 31 heavy (non-hydrogen) atoms. The number of hydrogen-bond acceptors (Lipinski definition) is 6. The first kappa shape index (κ1) is 21.0. The molecule has 0 aliphatic carbocycles. The average Bonchev–Trinajstić information content (AvgIpc) is 3.48. The van der Waals surface area contributed by atoms with Crippen molar-refractivity contribution in [2.45, 2.75) is 13.0 Å². The van der Waals surface area contributed by atoms with E-state index in [0.717, 1.165) is 21.8 Å². The Morgan fingerprint density at radius 1 is 1.16 bits per heavy atom. The maximum atomic E-state index is 12.4. The molecule has 1 saturated heterocycles. The molecule has 8 heteroatoms. The number of rotatable bonds is 6. The smallest absolute Gasteiger partial charge is 0.331 e. The minimum absolute atomic E-state index is 0.207. The van der Waals surface area contributed by atoms with Crippen molar-refractivity contribution >= 4 is 29.3 Å². The van der Waals surface area contributed by atoms with Crippen LogP contribution in [0.25, 0.3) is 22.3 Å². The summed E-state index contributed by atoms with van der Waals surface area (Å²) in [4.78, 5) is 27.4. The van der Waals surface area contributed by atoms with Gasteiger partial charge in [0.15, 0.2) is 6.10 Å². The first-order valence-electron chi connectivity index (χ1n) is 10.1. The highest BCUT2D eigenvalue weighted by molar-refractivity contribution is 7.13. The van der Waals surface area contributed by atoms with Crippen LogP contribution in [0.4, 0.5) is 0 Å². The third kappa shape index (κ3) is 5.10. The second-order valence-electron chi connectivity index (χ2n) is 7.04. The largest absolute Gasteiger partial charge is 0.449 e. The van der Waals surface area contributed by atoms with Crippen LogP contribution in [0.15, 0.2) is 60.1 Å². The number of esters is 1. The van der Waals surface area contributed by atoms with Gasteiger partial charge in [-0.25, -0.2) is 9.48 Å². The van der Waals surface area contributed by atoms with Crippen LogP contribution in [0, 0.1) is 0 Å². The van der Waals surface area contributed by atoms with E-state index >= 15 is 0 Å². The van der Waals surface area contributed by atoms with E-state index in [4.69, 9.17) is 14.6 Å². The van der Waals surface area contributed by atoms with Crippen LogP contribution in [0.3, 0.4) is 0 Å². The molecule has 7 nitrogen and oxygen atoms in total. The third-order valence-electron chi connectivity index (χ3n) is 4.88. The highest BCUT2D eigenvalue weighted by Gasteiger charge is 2.24. The molecule has 160 valence electrons. The Balaban J connectivity index is 1.49. The molecule has 0 saturated carbocycles. The highest BCUT2D eigenvalue weighted by atomic mass is 32.1. The van der Waals surface area contributed by atoms with Gasteiger partial charge in [0.25, 0.3) is 5.91 Å². The van der Waals surface area contributed by atoms with E-state index in [1.54, 1.807) is 33.9 Å². The van der Waals surface area contributed by atoms with Gasteiger partial charge in [-0.15, -0.1) is 11.3 Å². The van der Waals surface area contributed by atoms with Crippen LogP contribution in [0.5, 0.6) is 0 Å². The number of ether oxygens (including phenoxy) is 2. The van der Waals surface area contributed by atoms with E-state index in [-0.39, 0.29) is 5.91 Å². The van der Waals surface area contributed by atoms with E-state index in [9.17, 15) is 9.59 Å². The van der Waals surface area contributed by atoms with Crippen LogP contribution in [-0.2, 0) is 19.1 Å². The number of benzene rings is 1. The SMILES string of the molecule is CC(OC(=O)/C=C/c1cn(-c2ccccc2)nc1-c1cccs1)C(=O)N1CCOCC1. The van der Waals surface area contributed by atoms with Gasteiger partial charge in [-0.2, -0.15) is 5.10 Å². The van der Waals surface area contributed by atoms with E-state index in [1.807, 2.05) is 54.0 Å². The molecule has 3 aromatic rings. The lowest BCUT2D eigenvalue weighted by Crippen LogP contribution is -2.45. The van der Waals surface area contributed by atoms with E-state index < -0.39 is 12.1 Å². The summed E-state index contributed by atoms with van der Waals surface area (Å²) >= 11 is 1.58. The van der Waals surface area contributed by atoms with Crippen molar-refractivity contribution in [1.29, 1.82) is 0 Å². The van der Waals surface area contributed by atoms with Gasteiger partial charge in [-0.1, -0.05) is 24.3 Å². The standard InChI is InChI=1S/C23H23N3O4S/c1-17(23(28)25-11-13-29-14-12-25)30-21(27)10-9-18-16-26(19-6-3-2-4-7-19)24-22(18)20-8-5-15-31-20/h2-10,15-17H,11-14H2,1H3/b10-9+. The molecule has 0 bridgehead atoms.